The minimum atomic E-state index is 0.497. The molecule has 3 rings (SSSR count). The molecule has 1 aliphatic rings. The third kappa shape index (κ3) is 2.47. The van der Waals surface area contributed by atoms with Crippen LogP contribution < -0.4 is 15.2 Å². The van der Waals surface area contributed by atoms with E-state index in [1.165, 1.54) is 0 Å². The van der Waals surface area contributed by atoms with Gasteiger partial charge in [0.2, 0.25) is 5.88 Å². The molecule has 0 fully saturated rings. The van der Waals surface area contributed by atoms with Gasteiger partial charge in [-0.2, -0.15) is 0 Å². The highest BCUT2D eigenvalue weighted by Gasteiger charge is 2.20. The number of pyridine rings is 1. The van der Waals surface area contributed by atoms with Gasteiger partial charge >= 0.3 is 0 Å². The largest absolute Gasteiger partial charge is 0.493 e. The van der Waals surface area contributed by atoms with E-state index in [9.17, 15) is 0 Å². The van der Waals surface area contributed by atoms with E-state index < -0.39 is 0 Å². The Morgan fingerprint density at radius 3 is 3.00 bits per heavy atom. The summed E-state index contributed by atoms with van der Waals surface area (Å²) in [6, 6.07) is 9.39. The minimum Gasteiger partial charge on any atom is -0.493 e. The number of aromatic nitrogens is 1. The van der Waals surface area contributed by atoms with Crippen LogP contribution in [0.2, 0.25) is 0 Å². The highest BCUT2D eigenvalue weighted by atomic mass is 16.5. The summed E-state index contributed by atoms with van der Waals surface area (Å²) in [5.74, 6) is 2.75. The molecule has 2 heterocycles. The molecule has 0 saturated carbocycles. The average molecular weight is 256 g/mol. The summed E-state index contributed by atoms with van der Waals surface area (Å²) in [5, 5.41) is 0. The van der Waals surface area contributed by atoms with E-state index in [2.05, 4.69) is 11.9 Å². The van der Waals surface area contributed by atoms with Crippen molar-refractivity contribution in [2.45, 2.75) is 13.3 Å². The summed E-state index contributed by atoms with van der Waals surface area (Å²) in [4.78, 5) is 4.15. The summed E-state index contributed by atoms with van der Waals surface area (Å²) in [6.45, 7) is 2.93. The number of rotatable bonds is 2. The number of fused-ring (bicyclic) bond motifs is 1. The molecular weight excluding hydrogens is 240 g/mol. The van der Waals surface area contributed by atoms with Crippen LogP contribution in [0.5, 0.6) is 17.4 Å². The first-order valence-corrected chi connectivity index (χ1v) is 6.36. The molecule has 1 aliphatic heterocycles. The molecule has 4 nitrogen and oxygen atoms in total. The Morgan fingerprint density at radius 2 is 2.21 bits per heavy atom. The summed E-state index contributed by atoms with van der Waals surface area (Å²) >= 11 is 0. The van der Waals surface area contributed by atoms with Crippen molar-refractivity contribution in [3.05, 3.63) is 42.1 Å². The normalized spacial score (nSPS) is 17.4. The first kappa shape index (κ1) is 11.8. The topological polar surface area (TPSA) is 57.4 Å². The van der Waals surface area contributed by atoms with Crippen molar-refractivity contribution in [2.24, 2.45) is 5.92 Å². The lowest BCUT2D eigenvalue weighted by atomic mass is 9.98. The molecule has 19 heavy (non-hydrogen) atoms. The predicted octanol–water partition coefficient (Wildman–Crippen LogP) is 3.03. The van der Waals surface area contributed by atoms with Crippen LogP contribution in [-0.4, -0.2) is 11.6 Å². The molecule has 0 aliphatic carbocycles. The number of nitrogens with two attached hydrogens (primary N) is 1. The fourth-order valence-electron chi connectivity index (χ4n) is 2.18. The molecule has 0 spiro atoms. The Balaban J connectivity index is 1.91. The van der Waals surface area contributed by atoms with E-state index in [1.807, 2.05) is 18.2 Å². The molecule has 4 heteroatoms. The van der Waals surface area contributed by atoms with Gasteiger partial charge in [-0.15, -0.1) is 0 Å². The minimum absolute atomic E-state index is 0.497. The number of benzene rings is 1. The third-order valence-corrected chi connectivity index (χ3v) is 3.14. The number of nitrogen functional groups attached to an aromatic ring is 1. The van der Waals surface area contributed by atoms with E-state index in [0.29, 0.717) is 17.5 Å². The van der Waals surface area contributed by atoms with Crippen LogP contribution in [0.3, 0.4) is 0 Å². The van der Waals surface area contributed by atoms with Gasteiger partial charge < -0.3 is 15.2 Å². The van der Waals surface area contributed by atoms with Crippen LogP contribution in [-0.2, 0) is 6.42 Å². The zero-order valence-corrected chi connectivity index (χ0v) is 10.8. The first-order valence-electron chi connectivity index (χ1n) is 6.36. The molecule has 1 atom stereocenters. The summed E-state index contributed by atoms with van der Waals surface area (Å²) in [6.07, 6.45) is 2.55. The van der Waals surface area contributed by atoms with Gasteiger partial charge in [0.05, 0.1) is 18.5 Å². The van der Waals surface area contributed by atoms with Crippen molar-refractivity contribution >= 4 is 5.69 Å². The van der Waals surface area contributed by atoms with Gasteiger partial charge in [0.25, 0.3) is 0 Å². The second-order valence-electron chi connectivity index (χ2n) is 4.88. The van der Waals surface area contributed by atoms with Gasteiger partial charge in [-0.25, -0.2) is 4.98 Å². The fourth-order valence-corrected chi connectivity index (χ4v) is 2.18. The summed E-state index contributed by atoms with van der Waals surface area (Å²) < 4.78 is 11.5. The van der Waals surface area contributed by atoms with Crippen LogP contribution in [0.25, 0.3) is 0 Å². The predicted molar refractivity (Wildman–Crippen MR) is 73.5 cm³/mol. The van der Waals surface area contributed by atoms with E-state index >= 15 is 0 Å². The van der Waals surface area contributed by atoms with Crippen molar-refractivity contribution in [3.8, 4) is 17.4 Å². The SMILES string of the molecule is CC1COc2cccc(Oc3ccc(N)cn3)c2C1. The van der Waals surface area contributed by atoms with Crippen LogP contribution in [0.1, 0.15) is 12.5 Å². The molecule has 0 saturated heterocycles. The first-order chi connectivity index (χ1) is 9.22. The molecule has 1 unspecified atom stereocenters. The Morgan fingerprint density at radius 1 is 1.32 bits per heavy atom. The van der Waals surface area contributed by atoms with Crippen LogP contribution >= 0.6 is 0 Å². The maximum absolute atomic E-state index is 5.83. The van der Waals surface area contributed by atoms with Crippen LogP contribution in [0.4, 0.5) is 5.69 Å². The monoisotopic (exact) mass is 256 g/mol. The molecule has 2 aromatic rings. The lowest BCUT2D eigenvalue weighted by Gasteiger charge is -2.24. The number of hydrogen-bond acceptors (Lipinski definition) is 4. The lowest BCUT2D eigenvalue weighted by Crippen LogP contribution is -2.18. The molecule has 0 amide bonds. The van der Waals surface area contributed by atoms with E-state index in [4.69, 9.17) is 15.2 Å². The highest BCUT2D eigenvalue weighted by molar-refractivity contribution is 5.47. The van der Waals surface area contributed by atoms with Crippen molar-refractivity contribution in [1.29, 1.82) is 0 Å². The van der Waals surface area contributed by atoms with Crippen LogP contribution in [0.15, 0.2) is 36.5 Å². The number of nitrogens with zero attached hydrogens (tertiary/aromatic N) is 1. The third-order valence-electron chi connectivity index (χ3n) is 3.14. The van der Waals surface area contributed by atoms with E-state index in [-0.39, 0.29) is 0 Å². The quantitative estimate of drug-likeness (QED) is 0.897. The number of hydrogen-bond donors (Lipinski definition) is 1. The molecule has 98 valence electrons. The lowest BCUT2D eigenvalue weighted by molar-refractivity contribution is 0.230. The average Bonchev–Trinajstić information content (AvgIpc) is 2.42. The van der Waals surface area contributed by atoms with Gasteiger partial charge in [-0.05, 0) is 30.5 Å². The van der Waals surface area contributed by atoms with Gasteiger partial charge in [0, 0.05) is 11.6 Å². The molecule has 2 N–H and O–H groups in total. The highest BCUT2D eigenvalue weighted by Crippen LogP contribution is 2.36. The van der Waals surface area contributed by atoms with Gasteiger partial charge in [-0.1, -0.05) is 13.0 Å². The van der Waals surface area contributed by atoms with Crippen molar-refractivity contribution < 1.29 is 9.47 Å². The molecule has 0 radical (unpaired) electrons. The standard InChI is InChI=1S/C15H16N2O2/c1-10-7-12-13(18-9-10)3-2-4-14(12)19-15-6-5-11(16)8-17-15/h2-6,8,10H,7,9,16H2,1H3. The molecule has 1 aromatic carbocycles. The van der Waals surface area contributed by atoms with Crippen molar-refractivity contribution in [3.63, 3.8) is 0 Å². The smallest absolute Gasteiger partial charge is 0.219 e. The van der Waals surface area contributed by atoms with Gasteiger partial charge in [0.15, 0.2) is 0 Å². The Hall–Kier alpha value is -2.23. The van der Waals surface area contributed by atoms with Gasteiger partial charge in [-0.3, -0.25) is 0 Å². The molecule has 1 aromatic heterocycles. The number of ether oxygens (including phenoxy) is 2. The Kier molecular flexibility index (Phi) is 2.99. The Bertz CT molecular complexity index is 581. The summed E-state index contributed by atoms with van der Waals surface area (Å²) in [7, 11) is 0. The Labute approximate surface area is 112 Å². The van der Waals surface area contributed by atoms with E-state index in [1.54, 1.807) is 18.3 Å². The second kappa shape index (κ2) is 4.80. The van der Waals surface area contributed by atoms with Crippen molar-refractivity contribution in [1.82, 2.24) is 4.98 Å². The second-order valence-corrected chi connectivity index (χ2v) is 4.88. The summed E-state index contributed by atoms with van der Waals surface area (Å²) in [5.41, 5.74) is 7.35. The van der Waals surface area contributed by atoms with Gasteiger partial charge in [0.1, 0.15) is 11.5 Å². The number of anilines is 1. The maximum Gasteiger partial charge on any atom is 0.219 e. The molecule has 0 bridgehead atoms. The zero-order valence-electron chi connectivity index (χ0n) is 10.8. The van der Waals surface area contributed by atoms with Crippen LogP contribution in [0, 0.1) is 5.92 Å². The van der Waals surface area contributed by atoms with Crippen molar-refractivity contribution in [2.75, 3.05) is 12.3 Å². The van der Waals surface area contributed by atoms with E-state index in [0.717, 1.165) is 30.1 Å². The molecular formula is C15H16N2O2. The zero-order chi connectivity index (χ0) is 13.2. The fraction of sp³-hybridized carbons (Fsp3) is 0.267. The maximum atomic E-state index is 5.83.